The van der Waals surface area contributed by atoms with E-state index in [1.165, 1.54) is 19.2 Å². The molecule has 0 aliphatic carbocycles. The number of ether oxygens (including phenoxy) is 2. The van der Waals surface area contributed by atoms with Crippen molar-refractivity contribution in [3.05, 3.63) is 40.4 Å². The highest BCUT2D eigenvalue weighted by Crippen LogP contribution is 2.29. The number of piperidine rings is 1. The first-order chi connectivity index (χ1) is 14.8. The van der Waals surface area contributed by atoms with Crippen LogP contribution in [0.1, 0.15) is 42.9 Å². The molecule has 2 heterocycles. The largest absolute Gasteiger partial charge is 0.487 e. The van der Waals surface area contributed by atoms with Gasteiger partial charge in [0.1, 0.15) is 12.2 Å². The van der Waals surface area contributed by atoms with E-state index < -0.39 is 11.8 Å². The van der Waals surface area contributed by atoms with Crippen LogP contribution in [0, 0.1) is 17.1 Å². The highest BCUT2D eigenvalue weighted by Gasteiger charge is 2.27. The van der Waals surface area contributed by atoms with Gasteiger partial charge in [-0.1, -0.05) is 11.6 Å². The van der Waals surface area contributed by atoms with Crippen LogP contribution in [0.4, 0.5) is 16.0 Å². The minimum Gasteiger partial charge on any atom is -0.487 e. The molecule has 1 fully saturated rings. The Bertz CT molecular complexity index is 1000. The summed E-state index contributed by atoms with van der Waals surface area (Å²) in [5, 5.41) is 12.9. The second-order valence-electron chi connectivity index (χ2n) is 7.37. The quantitative estimate of drug-likeness (QED) is 0.667. The van der Waals surface area contributed by atoms with Gasteiger partial charge in [0.15, 0.2) is 34.6 Å². The molecule has 1 aliphatic rings. The number of carbonyl (C=O) groups is 1. The van der Waals surface area contributed by atoms with E-state index in [1.54, 1.807) is 6.07 Å². The Morgan fingerprint density at radius 3 is 2.65 bits per heavy atom. The number of rotatable bonds is 6. The van der Waals surface area contributed by atoms with Gasteiger partial charge in [0.05, 0.1) is 7.11 Å². The van der Waals surface area contributed by atoms with E-state index in [1.807, 2.05) is 24.8 Å². The molecule has 0 amide bonds. The first kappa shape index (κ1) is 22.6. The van der Waals surface area contributed by atoms with E-state index in [0.29, 0.717) is 42.6 Å². The molecule has 1 aromatic heterocycles. The third-order valence-corrected chi connectivity index (χ3v) is 4.95. The topological polar surface area (TPSA) is 100 Å². The highest BCUT2D eigenvalue weighted by molar-refractivity contribution is 6.30. The molecular formula is C21H23ClFN5O3. The number of hydrogen-bond donors (Lipinski definition) is 1. The van der Waals surface area contributed by atoms with Crippen LogP contribution in [0.5, 0.6) is 5.75 Å². The van der Waals surface area contributed by atoms with Gasteiger partial charge in [-0.3, -0.25) is 0 Å². The van der Waals surface area contributed by atoms with Gasteiger partial charge in [0, 0.05) is 37.0 Å². The lowest BCUT2D eigenvalue weighted by Gasteiger charge is -2.34. The lowest BCUT2D eigenvalue weighted by Crippen LogP contribution is -2.39. The predicted octanol–water partition coefficient (Wildman–Crippen LogP) is 3.80. The van der Waals surface area contributed by atoms with Crippen molar-refractivity contribution < 1.29 is 18.7 Å². The molecule has 1 aromatic carbocycles. The summed E-state index contributed by atoms with van der Waals surface area (Å²) in [6.45, 7) is 4.98. The zero-order chi connectivity index (χ0) is 22.5. The maximum atomic E-state index is 14.0. The molecule has 0 atom stereocenters. The lowest BCUT2D eigenvalue weighted by molar-refractivity contribution is 0.0593. The summed E-state index contributed by atoms with van der Waals surface area (Å²) in [5.74, 6) is -0.175. The Balaban J connectivity index is 1.79. The molecule has 0 bridgehead atoms. The molecule has 3 rings (SSSR count). The van der Waals surface area contributed by atoms with E-state index in [9.17, 15) is 14.4 Å². The van der Waals surface area contributed by atoms with Gasteiger partial charge >= 0.3 is 5.97 Å². The summed E-state index contributed by atoms with van der Waals surface area (Å²) < 4.78 is 24.5. The van der Waals surface area contributed by atoms with E-state index in [0.717, 1.165) is 0 Å². The van der Waals surface area contributed by atoms with Gasteiger partial charge in [0.25, 0.3) is 0 Å². The van der Waals surface area contributed by atoms with E-state index in [-0.39, 0.29) is 29.3 Å². The molecule has 31 heavy (non-hydrogen) atoms. The third-order valence-electron chi connectivity index (χ3n) is 4.72. The Morgan fingerprint density at radius 2 is 2.06 bits per heavy atom. The minimum absolute atomic E-state index is 0.0280. The third kappa shape index (κ3) is 5.33. The highest BCUT2D eigenvalue weighted by atomic mass is 35.5. The Morgan fingerprint density at radius 1 is 1.35 bits per heavy atom. The van der Waals surface area contributed by atoms with Crippen molar-refractivity contribution in [3.8, 4) is 11.8 Å². The maximum absolute atomic E-state index is 14.0. The number of hydrogen-bond acceptors (Lipinski definition) is 8. The number of nitrogens with zero attached hydrogens (tertiary/aromatic N) is 4. The SMILES string of the molecule is COC(=O)c1nc(NC(C)C)c(N2CCC(Oc3ccc(Cl)cc3F)CC2)nc1C#N. The fraction of sp³-hybridized carbons (Fsp3) is 0.429. The average molecular weight is 448 g/mol. The molecule has 1 N–H and O–H groups in total. The molecule has 0 spiro atoms. The Kier molecular flexibility index (Phi) is 7.13. The van der Waals surface area contributed by atoms with Gasteiger partial charge in [0.2, 0.25) is 0 Å². The molecule has 0 radical (unpaired) electrons. The van der Waals surface area contributed by atoms with Crippen LogP contribution in [0.3, 0.4) is 0 Å². The molecular weight excluding hydrogens is 425 g/mol. The van der Waals surface area contributed by atoms with Crippen molar-refractivity contribution in [2.45, 2.75) is 38.8 Å². The van der Waals surface area contributed by atoms with E-state index in [2.05, 4.69) is 15.3 Å². The van der Waals surface area contributed by atoms with Gasteiger partial charge < -0.3 is 19.7 Å². The molecule has 0 unspecified atom stereocenters. The van der Waals surface area contributed by atoms with Crippen molar-refractivity contribution in [1.82, 2.24) is 9.97 Å². The van der Waals surface area contributed by atoms with Gasteiger partial charge in [-0.25, -0.2) is 19.2 Å². The average Bonchev–Trinajstić information content (AvgIpc) is 2.75. The number of anilines is 2. The molecule has 10 heteroatoms. The van der Waals surface area contributed by atoms with Gasteiger partial charge in [-0.05, 0) is 32.0 Å². The summed E-state index contributed by atoms with van der Waals surface area (Å²) in [4.78, 5) is 22.7. The molecule has 1 aliphatic heterocycles. The molecule has 2 aromatic rings. The number of nitriles is 1. The number of aromatic nitrogens is 2. The zero-order valence-electron chi connectivity index (χ0n) is 17.5. The van der Waals surface area contributed by atoms with Crippen LogP contribution in [0.2, 0.25) is 5.02 Å². The van der Waals surface area contributed by atoms with Crippen molar-refractivity contribution in [3.63, 3.8) is 0 Å². The number of carbonyl (C=O) groups excluding carboxylic acids is 1. The summed E-state index contributed by atoms with van der Waals surface area (Å²) in [6.07, 6.45) is 1.06. The number of methoxy groups -OCH3 is 1. The first-order valence-electron chi connectivity index (χ1n) is 9.86. The normalized spacial score (nSPS) is 14.3. The van der Waals surface area contributed by atoms with Gasteiger partial charge in [-0.15, -0.1) is 0 Å². The molecule has 0 saturated carbocycles. The van der Waals surface area contributed by atoms with Crippen LogP contribution in [-0.2, 0) is 4.74 Å². The standard InChI is InChI=1S/C21H23ClFN5O3/c1-12(2)25-19-20(26-16(11-24)18(27-19)21(29)30-3)28-8-6-14(7-9-28)31-17-5-4-13(22)10-15(17)23/h4-5,10,12,14H,6-9H2,1-3H3,(H,25,27). The van der Waals surface area contributed by atoms with Crippen LogP contribution in [0.25, 0.3) is 0 Å². The summed E-state index contributed by atoms with van der Waals surface area (Å²) in [6, 6.07) is 6.27. The number of benzene rings is 1. The van der Waals surface area contributed by atoms with Crippen LogP contribution in [-0.4, -0.2) is 48.3 Å². The molecule has 164 valence electrons. The number of nitrogens with one attached hydrogen (secondary N) is 1. The second-order valence-corrected chi connectivity index (χ2v) is 7.81. The first-order valence-corrected chi connectivity index (χ1v) is 10.2. The Hall–Kier alpha value is -3.12. The zero-order valence-corrected chi connectivity index (χ0v) is 18.2. The summed E-state index contributed by atoms with van der Waals surface area (Å²) >= 11 is 5.79. The fourth-order valence-corrected chi connectivity index (χ4v) is 3.43. The summed E-state index contributed by atoms with van der Waals surface area (Å²) in [5.41, 5.74) is -0.230. The maximum Gasteiger partial charge on any atom is 0.359 e. The number of esters is 1. The Labute approximate surface area is 184 Å². The van der Waals surface area contributed by atoms with Crippen molar-refractivity contribution >= 4 is 29.2 Å². The van der Waals surface area contributed by atoms with Crippen LogP contribution >= 0.6 is 11.6 Å². The molecule has 1 saturated heterocycles. The van der Waals surface area contributed by atoms with Crippen LogP contribution < -0.4 is 15.0 Å². The summed E-state index contributed by atoms with van der Waals surface area (Å²) in [7, 11) is 1.23. The van der Waals surface area contributed by atoms with Crippen molar-refractivity contribution in [2.24, 2.45) is 0 Å². The molecule has 8 nitrogen and oxygen atoms in total. The van der Waals surface area contributed by atoms with Crippen molar-refractivity contribution in [2.75, 3.05) is 30.4 Å². The minimum atomic E-state index is -0.723. The van der Waals surface area contributed by atoms with Crippen molar-refractivity contribution in [1.29, 1.82) is 5.26 Å². The number of halogens is 2. The van der Waals surface area contributed by atoms with Gasteiger partial charge in [-0.2, -0.15) is 5.26 Å². The second kappa shape index (κ2) is 9.79. The monoisotopic (exact) mass is 447 g/mol. The van der Waals surface area contributed by atoms with Crippen LogP contribution in [0.15, 0.2) is 18.2 Å². The van der Waals surface area contributed by atoms with E-state index in [4.69, 9.17) is 21.1 Å². The van der Waals surface area contributed by atoms with E-state index >= 15 is 0 Å². The fourth-order valence-electron chi connectivity index (χ4n) is 3.27. The lowest BCUT2D eigenvalue weighted by atomic mass is 10.1. The predicted molar refractivity (Wildman–Crippen MR) is 114 cm³/mol. The smallest absolute Gasteiger partial charge is 0.359 e.